The minimum Gasteiger partial charge on any atom is -0.493 e. The van der Waals surface area contributed by atoms with E-state index >= 15 is 0 Å². The second kappa shape index (κ2) is 9.40. The third kappa shape index (κ3) is 5.23. The lowest BCUT2D eigenvalue weighted by Crippen LogP contribution is -2.32. The zero-order valence-electron chi connectivity index (χ0n) is 16.5. The molecule has 0 saturated carbocycles. The number of hydrogen-bond donors (Lipinski definition) is 2. The summed E-state index contributed by atoms with van der Waals surface area (Å²) < 4.78 is 15.7. The van der Waals surface area contributed by atoms with E-state index in [0.29, 0.717) is 28.5 Å². The standard InChI is InChI=1S/C20H23N3O5/c1-12-6-13(2)8-15(7-12)22-19(24)20(25)23-21-11-14-9-16(26-3)18(28-5)17(10-14)27-4/h6-11H,1-5H3,(H,22,24)(H,23,25). The first-order chi connectivity index (χ1) is 13.4. The first kappa shape index (κ1) is 20.8. The molecule has 0 aliphatic carbocycles. The molecule has 0 aliphatic heterocycles. The first-order valence-electron chi connectivity index (χ1n) is 8.40. The number of nitrogens with zero attached hydrogens (tertiary/aromatic N) is 1. The van der Waals surface area contributed by atoms with Gasteiger partial charge in [-0.05, 0) is 49.2 Å². The van der Waals surface area contributed by atoms with Gasteiger partial charge in [0.2, 0.25) is 5.75 Å². The quantitative estimate of drug-likeness (QED) is 0.452. The number of nitrogens with one attached hydrogen (secondary N) is 2. The molecule has 0 bridgehead atoms. The van der Waals surface area contributed by atoms with E-state index in [1.54, 1.807) is 24.3 Å². The number of carbonyl (C=O) groups is 2. The molecule has 2 aromatic rings. The molecule has 2 rings (SSSR count). The Morgan fingerprint density at radius 1 is 0.857 bits per heavy atom. The van der Waals surface area contributed by atoms with Crippen LogP contribution in [0.25, 0.3) is 0 Å². The zero-order valence-corrected chi connectivity index (χ0v) is 16.5. The number of ether oxygens (including phenoxy) is 3. The van der Waals surface area contributed by atoms with Gasteiger partial charge in [0.15, 0.2) is 11.5 Å². The molecule has 0 spiro atoms. The Morgan fingerprint density at radius 2 is 1.43 bits per heavy atom. The number of rotatable bonds is 6. The maximum absolute atomic E-state index is 12.0. The molecule has 0 radical (unpaired) electrons. The summed E-state index contributed by atoms with van der Waals surface area (Å²) >= 11 is 0. The Morgan fingerprint density at radius 3 is 1.93 bits per heavy atom. The van der Waals surface area contributed by atoms with E-state index in [4.69, 9.17) is 14.2 Å². The molecule has 0 saturated heterocycles. The van der Waals surface area contributed by atoms with Crippen LogP contribution in [-0.2, 0) is 9.59 Å². The molecule has 0 aliphatic rings. The Labute approximate surface area is 163 Å². The summed E-state index contributed by atoms with van der Waals surface area (Å²) in [5.41, 5.74) is 5.29. The van der Waals surface area contributed by atoms with Gasteiger partial charge < -0.3 is 19.5 Å². The third-order valence-corrected chi connectivity index (χ3v) is 3.75. The van der Waals surface area contributed by atoms with Crippen molar-refractivity contribution in [2.45, 2.75) is 13.8 Å². The van der Waals surface area contributed by atoms with Crippen LogP contribution in [0.5, 0.6) is 17.2 Å². The molecule has 2 aromatic carbocycles. The van der Waals surface area contributed by atoms with Crippen LogP contribution in [0.2, 0.25) is 0 Å². The van der Waals surface area contributed by atoms with Crippen LogP contribution in [0.3, 0.4) is 0 Å². The maximum atomic E-state index is 12.0. The first-order valence-corrected chi connectivity index (χ1v) is 8.40. The predicted octanol–water partition coefficient (Wildman–Crippen LogP) is 2.42. The number of hydrazone groups is 1. The topological polar surface area (TPSA) is 98.2 Å². The van der Waals surface area contributed by atoms with Crippen molar-refractivity contribution in [1.82, 2.24) is 5.43 Å². The SMILES string of the molecule is COc1cc(C=NNC(=O)C(=O)Nc2cc(C)cc(C)c2)cc(OC)c1OC. The van der Waals surface area contributed by atoms with Gasteiger partial charge >= 0.3 is 11.8 Å². The molecule has 0 heterocycles. The highest BCUT2D eigenvalue weighted by Crippen LogP contribution is 2.37. The molecule has 0 unspecified atom stereocenters. The van der Waals surface area contributed by atoms with Gasteiger partial charge in [0.1, 0.15) is 0 Å². The molecule has 2 amide bonds. The van der Waals surface area contributed by atoms with E-state index in [2.05, 4.69) is 15.8 Å². The van der Waals surface area contributed by atoms with Crippen LogP contribution < -0.4 is 25.0 Å². The molecule has 148 valence electrons. The number of hydrogen-bond acceptors (Lipinski definition) is 6. The van der Waals surface area contributed by atoms with E-state index < -0.39 is 11.8 Å². The number of methoxy groups -OCH3 is 3. The summed E-state index contributed by atoms with van der Waals surface area (Å²) in [5, 5.41) is 6.35. The van der Waals surface area contributed by atoms with Gasteiger partial charge in [-0.15, -0.1) is 0 Å². The number of aryl methyl sites for hydroxylation is 2. The molecule has 8 nitrogen and oxygen atoms in total. The second-order valence-electron chi connectivity index (χ2n) is 5.99. The Bertz CT molecular complexity index is 863. The Kier molecular flexibility index (Phi) is 6.97. The average Bonchev–Trinajstić information content (AvgIpc) is 2.66. The van der Waals surface area contributed by atoms with Gasteiger partial charge in [0.05, 0.1) is 27.5 Å². The van der Waals surface area contributed by atoms with E-state index in [1.165, 1.54) is 27.5 Å². The van der Waals surface area contributed by atoms with Crippen LogP contribution in [0.15, 0.2) is 35.4 Å². The van der Waals surface area contributed by atoms with Crippen molar-refractivity contribution in [2.24, 2.45) is 5.10 Å². The van der Waals surface area contributed by atoms with E-state index in [0.717, 1.165) is 11.1 Å². The monoisotopic (exact) mass is 385 g/mol. The molecule has 0 atom stereocenters. The number of benzene rings is 2. The van der Waals surface area contributed by atoms with Crippen molar-refractivity contribution in [3.63, 3.8) is 0 Å². The van der Waals surface area contributed by atoms with Crippen molar-refractivity contribution in [2.75, 3.05) is 26.6 Å². The van der Waals surface area contributed by atoms with Crippen molar-refractivity contribution >= 4 is 23.7 Å². The Balaban J connectivity index is 2.05. The lowest BCUT2D eigenvalue weighted by Gasteiger charge is -2.12. The van der Waals surface area contributed by atoms with Gasteiger partial charge in [-0.1, -0.05) is 6.07 Å². The number of carbonyl (C=O) groups excluding carboxylic acids is 2. The fourth-order valence-electron chi connectivity index (χ4n) is 2.63. The van der Waals surface area contributed by atoms with Crippen LogP contribution in [0.1, 0.15) is 16.7 Å². The molecule has 8 heteroatoms. The summed E-state index contributed by atoms with van der Waals surface area (Å²) in [5.74, 6) is -0.363. The normalized spacial score (nSPS) is 10.5. The molecule has 0 aromatic heterocycles. The minimum absolute atomic E-state index is 0.444. The van der Waals surface area contributed by atoms with Crippen molar-refractivity contribution in [3.8, 4) is 17.2 Å². The Hall–Kier alpha value is -3.55. The van der Waals surface area contributed by atoms with Crippen LogP contribution in [-0.4, -0.2) is 39.4 Å². The highest BCUT2D eigenvalue weighted by atomic mass is 16.5. The fraction of sp³-hybridized carbons (Fsp3) is 0.250. The summed E-state index contributed by atoms with van der Waals surface area (Å²) in [6.45, 7) is 3.81. The lowest BCUT2D eigenvalue weighted by molar-refractivity contribution is -0.136. The van der Waals surface area contributed by atoms with Gasteiger partial charge in [-0.3, -0.25) is 9.59 Å². The summed E-state index contributed by atoms with van der Waals surface area (Å²) in [7, 11) is 4.50. The van der Waals surface area contributed by atoms with Crippen LogP contribution in [0, 0.1) is 13.8 Å². The summed E-state index contributed by atoms with van der Waals surface area (Å²) in [4.78, 5) is 24.0. The summed E-state index contributed by atoms with van der Waals surface area (Å²) in [6, 6.07) is 8.84. The van der Waals surface area contributed by atoms with Gasteiger partial charge in [0, 0.05) is 11.3 Å². The van der Waals surface area contributed by atoms with E-state index in [9.17, 15) is 9.59 Å². The van der Waals surface area contributed by atoms with E-state index in [-0.39, 0.29) is 0 Å². The molecule has 28 heavy (non-hydrogen) atoms. The van der Waals surface area contributed by atoms with Gasteiger partial charge in [-0.25, -0.2) is 5.43 Å². The van der Waals surface area contributed by atoms with Gasteiger partial charge in [0.25, 0.3) is 0 Å². The summed E-state index contributed by atoms with van der Waals surface area (Å²) in [6.07, 6.45) is 1.37. The highest BCUT2D eigenvalue weighted by Gasteiger charge is 2.14. The lowest BCUT2D eigenvalue weighted by atomic mass is 10.1. The van der Waals surface area contributed by atoms with Crippen LogP contribution in [0.4, 0.5) is 5.69 Å². The van der Waals surface area contributed by atoms with Crippen molar-refractivity contribution < 1.29 is 23.8 Å². The fourth-order valence-corrected chi connectivity index (χ4v) is 2.63. The third-order valence-electron chi connectivity index (χ3n) is 3.75. The van der Waals surface area contributed by atoms with Crippen LogP contribution >= 0.6 is 0 Å². The maximum Gasteiger partial charge on any atom is 0.329 e. The largest absolute Gasteiger partial charge is 0.493 e. The van der Waals surface area contributed by atoms with Crippen molar-refractivity contribution in [3.05, 3.63) is 47.0 Å². The highest BCUT2D eigenvalue weighted by molar-refractivity contribution is 6.39. The van der Waals surface area contributed by atoms with Crippen molar-refractivity contribution in [1.29, 1.82) is 0 Å². The minimum atomic E-state index is -0.886. The number of anilines is 1. The average molecular weight is 385 g/mol. The molecular weight excluding hydrogens is 362 g/mol. The zero-order chi connectivity index (χ0) is 20.7. The number of amides is 2. The van der Waals surface area contributed by atoms with Gasteiger partial charge in [-0.2, -0.15) is 5.10 Å². The smallest absolute Gasteiger partial charge is 0.329 e. The molecular formula is C20H23N3O5. The molecule has 2 N–H and O–H groups in total. The second-order valence-corrected chi connectivity index (χ2v) is 5.99. The predicted molar refractivity (Wildman–Crippen MR) is 106 cm³/mol. The van der Waals surface area contributed by atoms with E-state index in [1.807, 2.05) is 19.9 Å². The molecule has 0 fully saturated rings.